The van der Waals surface area contributed by atoms with Gasteiger partial charge in [-0.05, 0) is 44.0 Å². The number of nitrogens with one attached hydrogen (secondary N) is 1. The molecule has 0 saturated heterocycles. The van der Waals surface area contributed by atoms with Gasteiger partial charge >= 0.3 is 0 Å². The molecular weight excluding hydrogens is 360 g/mol. The normalized spacial score (nSPS) is 14.9. The number of hydrogen-bond donors (Lipinski definition) is 1. The molecule has 1 saturated carbocycles. The monoisotopic (exact) mass is 385 g/mol. The van der Waals surface area contributed by atoms with E-state index in [9.17, 15) is 8.78 Å². The minimum atomic E-state index is -0.466. The van der Waals surface area contributed by atoms with Gasteiger partial charge in [0.25, 0.3) is 0 Å². The van der Waals surface area contributed by atoms with E-state index in [1.807, 2.05) is 17.8 Å². The Kier molecular flexibility index (Phi) is 7.85. The molecule has 1 aliphatic carbocycles. The smallest absolute Gasteiger partial charge is 0.212 e. The quantitative estimate of drug-likeness (QED) is 0.764. The lowest BCUT2D eigenvalue weighted by Gasteiger charge is -2.22. The van der Waals surface area contributed by atoms with Crippen molar-refractivity contribution in [3.63, 3.8) is 0 Å². The van der Waals surface area contributed by atoms with E-state index in [0.29, 0.717) is 18.3 Å². The lowest BCUT2D eigenvalue weighted by Crippen LogP contribution is -2.16. The average molecular weight is 386 g/mol. The van der Waals surface area contributed by atoms with Gasteiger partial charge in [0.2, 0.25) is 5.88 Å². The molecule has 1 fully saturated rings. The maximum atomic E-state index is 13.8. The van der Waals surface area contributed by atoms with Gasteiger partial charge in [0, 0.05) is 24.7 Å². The molecule has 26 heavy (non-hydrogen) atoms. The molecule has 3 rings (SSSR count). The first-order valence-electron chi connectivity index (χ1n) is 8.93. The van der Waals surface area contributed by atoms with Gasteiger partial charge < -0.3 is 10.1 Å². The maximum absolute atomic E-state index is 13.8. The first kappa shape index (κ1) is 20.6. The number of nitrogens with zero attached hydrogens (tertiary/aromatic N) is 2. The van der Waals surface area contributed by atoms with Gasteiger partial charge in [-0.2, -0.15) is 5.10 Å². The Labute approximate surface area is 159 Å². The third kappa shape index (κ3) is 5.42. The molecule has 2 aromatic rings. The van der Waals surface area contributed by atoms with Gasteiger partial charge in [0.1, 0.15) is 18.2 Å². The summed E-state index contributed by atoms with van der Waals surface area (Å²) in [5, 5.41) is 7.69. The van der Waals surface area contributed by atoms with Crippen LogP contribution in [0.3, 0.4) is 0 Å². The van der Waals surface area contributed by atoms with E-state index >= 15 is 0 Å². The summed E-state index contributed by atoms with van der Waals surface area (Å²) in [5.74, 6) is 0.283. The highest BCUT2D eigenvalue weighted by atomic mass is 35.5. The molecule has 1 aliphatic rings. The first-order chi connectivity index (χ1) is 12.2. The van der Waals surface area contributed by atoms with Crippen LogP contribution in [0.25, 0.3) is 0 Å². The number of rotatable bonds is 7. The van der Waals surface area contributed by atoms with Gasteiger partial charge in [-0.15, -0.1) is 12.4 Å². The second-order valence-corrected chi connectivity index (χ2v) is 6.71. The van der Waals surface area contributed by atoms with Gasteiger partial charge in [-0.3, -0.25) is 0 Å². The molecule has 4 nitrogen and oxygen atoms in total. The van der Waals surface area contributed by atoms with Crippen molar-refractivity contribution in [3.05, 3.63) is 47.2 Å². The van der Waals surface area contributed by atoms with Gasteiger partial charge in [0.05, 0.1) is 5.69 Å². The molecule has 1 heterocycles. The largest absolute Gasteiger partial charge is 0.473 e. The zero-order valence-electron chi connectivity index (χ0n) is 15.0. The molecule has 1 aromatic heterocycles. The number of halogens is 3. The Morgan fingerprint density at radius 2 is 1.96 bits per heavy atom. The molecule has 0 bridgehead atoms. The fourth-order valence-corrected chi connectivity index (χ4v) is 3.38. The predicted molar refractivity (Wildman–Crippen MR) is 99.5 cm³/mol. The second kappa shape index (κ2) is 9.88. The Bertz CT molecular complexity index is 702. The summed E-state index contributed by atoms with van der Waals surface area (Å²) in [6, 6.07) is 5.28. The summed E-state index contributed by atoms with van der Waals surface area (Å²) in [7, 11) is 1.86. The lowest BCUT2D eigenvalue weighted by molar-refractivity contribution is 0.242. The van der Waals surface area contributed by atoms with E-state index in [1.54, 1.807) is 0 Å². The van der Waals surface area contributed by atoms with Crippen molar-refractivity contribution in [1.82, 2.24) is 15.1 Å². The van der Waals surface area contributed by atoms with Crippen LogP contribution in [-0.2, 0) is 19.7 Å². The van der Waals surface area contributed by atoms with E-state index in [0.717, 1.165) is 24.4 Å². The number of ether oxygens (including phenoxy) is 1. The SMILES string of the molecule is CNCc1cc(OCc2cc(F)ccc2F)n(CC2CCCCC2)n1.Cl. The molecule has 0 atom stereocenters. The molecule has 1 N–H and O–H groups in total. The number of aromatic nitrogens is 2. The third-order valence-corrected chi connectivity index (χ3v) is 4.69. The number of hydrogen-bond acceptors (Lipinski definition) is 3. The van der Waals surface area contributed by atoms with Crippen LogP contribution in [0.2, 0.25) is 0 Å². The molecule has 0 unspecified atom stereocenters. The lowest BCUT2D eigenvalue weighted by atomic mass is 9.89. The zero-order valence-corrected chi connectivity index (χ0v) is 15.8. The second-order valence-electron chi connectivity index (χ2n) is 6.71. The standard InChI is InChI=1S/C19H25F2N3O.ClH/c1-22-11-17-10-19(24(23-17)12-14-5-3-2-4-6-14)25-13-15-9-16(20)7-8-18(15)21;/h7-10,14,22H,2-6,11-13H2,1H3;1H. The van der Waals surface area contributed by atoms with Crippen LogP contribution >= 0.6 is 12.4 Å². The van der Waals surface area contributed by atoms with Gasteiger partial charge in [0.15, 0.2) is 0 Å². The minimum Gasteiger partial charge on any atom is -0.473 e. The molecule has 0 aliphatic heterocycles. The summed E-state index contributed by atoms with van der Waals surface area (Å²) in [5.41, 5.74) is 1.09. The van der Waals surface area contributed by atoms with Crippen molar-refractivity contribution in [1.29, 1.82) is 0 Å². The van der Waals surface area contributed by atoms with Crippen molar-refractivity contribution in [3.8, 4) is 5.88 Å². The van der Waals surface area contributed by atoms with Gasteiger partial charge in [-0.25, -0.2) is 13.5 Å². The fraction of sp³-hybridized carbons (Fsp3) is 0.526. The van der Waals surface area contributed by atoms with Crippen molar-refractivity contribution < 1.29 is 13.5 Å². The Morgan fingerprint density at radius 1 is 1.19 bits per heavy atom. The molecule has 0 amide bonds. The van der Waals surface area contributed by atoms with Crippen LogP contribution in [0.15, 0.2) is 24.3 Å². The van der Waals surface area contributed by atoms with Gasteiger partial charge in [-0.1, -0.05) is 19.3 Å². The molecule has 1 aromatic carbocycles. The minimum absolute atomic E-state index is 0. The summed E-state index contributed by atoms with van der Waals surface area (Å²) >= 11 is 0. The van der Waals surface area contributed by atoms with Crippen molar-refractivity contribution in [2.45, 2.75) is 51.8 Å². The van der Waals surface area contributed by atoms with Crippen molar-refractivity contribution in [2.75, 3.05) is 7.05 Å². The van der Waals surface area contributed by atoms with E-state index in [1.165, 1.54) is 38.2 Å². The zero-order chi connectivity index (χ0) is 17.6. The van der Waals surface area contributed by atoms with E-state index in [-0.39, 0.29) is 24.6 Å². The molecular formula is C19H26ClF2N3O. The number of benzene rings is 1. The van der Waals surface area contributed by atoms with E-state index in [2.05, 4.69) is 10.4 Å². The highest BCUT2D eigenvalue weighted by Gasteiger charge is 2.18. The van der Waals surface area contributed by atoms with E-state index < -0.39 is 11.6 Å². The topological polar surface area (TPSA) is 39.1 Å². The van der Waals surface area contributed by atoms with Crippen LogP contribution in [0, 0.1) is 17.6 Å². The van der Waals surface area contributed by atoms with Crippen LogP contribution < -0.4 is 10.1 Å². The van der Waals surface area contributed by atoms with Crippen LogP contribution in [0.5, 0.6) is 5.88 Å². The average Bonchev–Trinajstić information content (AvgIpc) is 2.98. The summed E-state index contributed by atoms with van der Waals surface area (Å²) < 4.78 is 34.8. The van der Waals surface area contributed by atoms with Crippen molar-refractivity contribution in [2.24, 2.45) is 5.92 Å². The van der Waals surface area contributed by atoms with Crippen LogP contribution in [-0.4, -0.2) is 16.8 Å². The highest BCUT2D eigenvalue weighted by Crippen LogP contribution is 2.27. The predicted octanol–water partition coefficient (Wildman–Crippen LogP) is 4.46. The summed E-state index contributed by atoms with van der Waals surface area (Å²) in [6.45, 7) is 1.44. The molecule has 0 spiro atoms. The van der Waals surface area contributed by atoms with Crippen molar-refractivity contribution >= 4 is 12.4 Å². The highest BCUT2D eigenvalue weighted by molar-refractivity contribution is 5.85. The Morgan fingerprint density at radius 3 is 2.69 bits per heavy atom. The summed E-state index contributed by atoms with van der Waals surface area (Å²) in [4.78, 5) is 0. The molecule has 7 heteroatoms. The van der Waals surface area contributed by atoms with Crippen LogP contribution in [0.4, 0.5) is 8.78 Å². The first-order valence-corrected chi connectivity index (χ1v) is 8.93. The van der Waals surface area contributed by atoms with Crippen LogP contribution in [0.1, 0.15) is 43.4 Å². The Hall–Kier alpha value is -1.66. The summed E-state index contributed by atoms with van der Waals surface area (Å²) in [6.07, 6.45) is 6.25. The Balaban J connectivity index is 0.00000243. The fourth-order valence-electron chi connectivity index (χ4n) is 3.38. The maximum Gasteiger partial charge on any atom is 0.212 e. The third-order valence-electron chi connectivity index (χ3n) is 4.69. The molecule has 0 radical (unpaired) electrons. The molecule has 144 valence electrons. The van der Waals surface area contributed by atoms with E-state index in [4.69, 9.17) is 4.74 Å².